The van der Waals surface area contributed by atoms with Crippen LogP contribution in [0.4, 0.5) is 5.69 Å². The molecule has 2 atom stereocenters. The van der Waals surface area contributed by atoms with Crippen LogP contribution in [0.15, 0.2) is 28.9 Å². The lowest BCUT2D eigenvalue weighted by molar-refractivity contribution is -0.00531. The maximum atomic E-state index is 10.0. The van der Waals surface area contributed by atoms with Crippen molar-refractivity contribution in [2.45, 2.75) is 39.6 Å². The summed E-state index contributed by atoms with van der Waals surface area (Å²) in [6.07, 6.45) is 1.92. The Morgan fingerprint density at radius 2 is 2.00 bits per heavy atom. The van der Waals surface area contributed by atoms with Crippen LogP contribution in [-0.4, -0.2) is 40.5 Å². The maximum Gasteiger partial charge on any atom is 0.188 e. The standard InChI is InChI=1S/C20H22ClN3O3/c1-11-4-5-14(7-22-11)18-16-6-15(10-25)19(17(21)20(16)27-23-18)24-8-12(2)26-13(3)9-24/h4-7,12-13,25H,8-10H2,1-3H3. The fourth-order valence-corrected chi connectivity index (χ4v) is 4.10. The molecule has 27 heavy (non-hydrogen) atoms. The lowest BCUT2D eigenvalue weighted by Gasteiger charge is -2.38. The molecule has 0 aliphatic carbocycles. The van der Waals surface area contributed by atoms with Gasteiger partial charge in [-0.3, -0.25) is 4.98 Å². The predicted octanol–water partition coefficient (Wildman–Crippen LogP) is 3.96. The minimum absolute atomic E-state index is 0.0796. The van der Waals surface area contributed by atoms with Gasteiger partial charge in [-0.15, -0.1) is 0 Å². The highest BCUT2D eigenvalue weighted by atomic mass is 35.5. The summed E-state index contributed by atoms with van der Waals surface area (Å²) in [6, 6.07) is 5.79. The zero-order valence-electron chi connectivity index (χ0n) is 15.6. The van der Waals surface area contributed by atoms with Crippen LogP contribution >= 0.6 is 11.6 Å². The van der Waals surface area contributed by atoms with E-state index < -0.39 is 0 Å². The molecule has 2 aromatic heterocycles. The minimum Gasteiger partial charge on any atom is -0.392 e. The summed E-state index contributed by atoms with van der Waals surface area (Å²) in [5, 5.41) is 15.5. The quantitative estimate of drug-likeness (QED) is 0.733. The number of ether oxygens (including phenoxy) is 1. The molecule has 0 bridgehead atoms. The molecule has 142 valence electrons. The number of aliphatic hydroxyl groups excluding tert-OH is 1. The van der Waals surface area contributed by atoms with Gasteiger partial charge in [0.2, 0.25) is 0 Å². The predicted molar refractivity (Wildman–Crippen MR) is 105 cm³/mol. The molecule has 0 spiro atoms. The summed E-state index contributed by atoms with van der Waals surface area (Å²) in [5.41, 5.74) is 4.51. The summed E-state index contributed by atoms with van der Waals surface area (Å²) in [6.45, 7) is 7.27. The van der Waals surface area contributed by atoms with Crippen LogP contribution in [0.25, 0.3) is 22.2 Å². The number of fused-ring (bicyclic) bond motifs is 1. The van der Waals surface area contributed by atoms with Crippen LogP contribution in [0.2, 0.25) is 5.02 Å². The van der Waals surface area contributed by atoms with E-state index in [4.69, 9.17) is 20.9 Å². The molecular formula is C20H22ClN3O3. The summed E-state index contributed by atoms with van der Waals surface area (Å²) >= 11 is 6.74. The van der Waals surface area contributed by atoms with Gasteiger partial charge in [-0.25, -0.2) is 0 Å². The Labute approximate surface area is 162 Å². The van der Waals surface area contributed by atoms with Gasteiger partial charge in [-0.1, -0.05) is 16.8 Å². The number of nitrogens with zero attached hydrogens (tertiary/aromatic N) is 3. The SMILES string of the molecule is Cc1ccc(-c2noc3c(Cl)c(N4CC(C)OC(C)C4)c(CO)cc23)cn1. The van der Waals surface area contributed by atoms with Crippen LogP contribution in [0.1, 0.15) is 25.1 Å². The summed E-state index contributed by atoms with van der Waals surface area (Å²) in [4.78, 5) is 6.48. The van der Waals surface area contributed by atoms with Gasteiger partial charge in [0.1, 0.15) is 10.7 Å². The number of hydrogen-bond acceptors (Lipinski definition) is 6. The second-order valence-corrected chi connectivity index (χ2v) is 7.49. The number of aliphatic hydroxyl groups is 1. The number of hydrogen-bond donors (Lipinski definition) is 1. The molecule has 1 aliphatic rings. The molecule has 6 nitrogen and oxygen atoms in total. The van der Waals surface area contributed by atoms with Crippen LogP contribution < -0.4 is 4.90 Å². The van der Waals surface area contributed by atoms with Crippen molar-refractivity contribution in [2.24, 2.45) is 0 Å². The van der Waals surface area contributed by atoms with E-state index in [1.807, 2.05) is 39.0 Å². The third kappa shape index (κ3) is 3.29. The number of aromatic nitrogens is 2. The van der Waals surface area contributed by atoms with Crippen molar-refractivity contribution in [3.05, 3.63) is 40.7 Å². The van der Waals surface area contributed by atoms with Crippen molar-refractivity contribution in [3.8, 4) is 11.3 Å². The van der Waals surface area contributed by atoms with E-state index in [1.165, 1.54) is 0 Å². The number of halogens is 1. The van der Waals surface area contributed by atoms with Gasteiger partial charge in [0.15, 0.2) is 5.58 Å². The molecule has 0 amide bonds. The summed E-state index contributed by atoms with van der Waals surface area (Å²) in [7, 11) is 0. The molecule has 1 saturated heterocycles. The molecule has 1 aromatic carbocycles. The zero-order valence-corrected chi connectivity index (χ0v) is 16.3. The normalized spacial score (nSPS) is 20.4. The van der Waals surface area contributed by atoms with Gasteiger partial charge < -0.3 is 19.3 Å². The topological polar surface area (TPSA) is 71.6 Å². The van der Waals surface area contributed by atoms with E-state index in [0.29, 0.717) is 29.4 Å². The lowest BCUT2D eigenvalue weighted by Crippen LogP contribution is -2.46. The average molecular weight is 388 g/mol. The molecule has 3 aromatic rings. The van der Waals surface area contributed by atoms with E-state index in [1.54, 1.807) is 6.20 Å². The summed E-state index contributed by atoms with van der Waals surface area (Å²) < 4.78 is 11.4. The van der Waals surface area contributed by atoms with E-state index in [-0.39, 0.29) is 18.8 Å². The molecular weight excluding hydrogens is 366 g/mol. The number of aryl methyl sites for hydroxylation is 1. The average Bonchev–Trinajstić information content (AvgIpc) is 3.05. The molecule has 1 aliphatic heterocycles. The number of morpholine rings is 1. The summed E-state index contributed by atoms with van der Waals surface area (Å²) in [5.74, 6) is 0. The molecule has 1 fully saturated rings. The Morgan fingerprint density at radius 1 is 1.26 bits per heavy atom. The van der Waals surface area contributed by atoms with E-state index in [0.717, 1.165) is 27.9 Å². The largest absolute Gasteiger partial charge is 0.392 e. The van der Waals surface area contributed by atoms with Crippen LogP contribution in [-0.2, 0) is 11.3 Å². The first-order valence-electron chi connectivity index (χ1n) is 9.03. The van der Waals surface area contributed by atoms with Gasteiger partial charge in [0, 0.05) is 36.1 Å². The first-order valence-corrected chi connectivity index (χ1v) is 9.40. The molecule has 3 heterocycles. The van der Waals surface area contributed by atoms with E-state index in [2.05, 4.69) is 15.0 Å². The van der Waals surface area contributed by atoms with Gasteiger partial charge in [0.05, 0.1) is 29.9 Å². The van der Waals surface area contributed by atoms with Crippen molar-refractivity contribution in [1.29, 1.82) is 0 Å². The van der Waals surface area contributed by atoms with Crippen molar-refractivity contribution >= 4 is 28.3 Å². The van der Waals surface area contributed by atoms with E-state index in [9.17, 15) is 5.11 Å². The molecule has 1 N–H and O–H groups in total. The van der Waals surface area contributed by atoms with Gasteiger partial charge >= 0.3 is 0 Å². The fourth-order valence-electron chi connectivity index (χ4n) is 3.72. The number of anilines is 1. The third-order valence-corrected chi connectivity index (χ3v) is 5.20. The van der Waals surface area contributed by atoms with Gasteiger partial charge in [-0.05, 0) is 39.0 Å². The number of pyridine rings is 1. The first kappa shape index (κ1) is 18.2. The van der Waals surface area contributed by atoms with E-state index >= 15 is 0 Å². The lowest BCUT2D eigenvalue weighted by atomic mass is 10.0. The Bertz CT molecular complexity index is 961. The van der Waals surface area contributed by atoms with Crippen molar-refractivity contribution < 1.29 is 14.4 Å². The molecule has 7 heteroatoms. The maximum absolute atomic E-state index is 10.0. The van der Waals surface area contributed by atoms with Crippen molar-refractivity contribution in [1.82, 2.24) is 10.1 Å². The van der Waals surface area contributed by atoms with Gasteiger partial charge in [0.25, 0.3) is 0 Å². The number of rotatable bonds is 3. The third-order valence-electron chi connectivity index (χ3n) is 4.85. The van der Waals surface area contributed by atoms with Crippen LogP contribution in [0.5, 0.6) is 0 Å². The Balaban J connectivity index is 1.85. The second kappa shape index (κ2) is 7.11. The minimum atomic E-state index is -0.123. The Morgan fingerprint density at radius 3 is 2.63 bits per heavy atom. The molecule has 4 rings (SSSR count). The van der Waals surface area contributed by atoms with Crippen molar-refractivity contribution in [3.63, 3.8) is 0 Å². The fraction of sp³-hybridized carbons (Fsp3) is 0.400. The first-order chi connectivity index (χ1) is 13.0. The van der Waals surface area contributed by atoms with Gasteiger partial charge in [-0.2, -0.15) is 0 Å². The molecule has 0 radical (unpaired) electrons. The van der Waals surface area contributed by atoms with Crippen molar-refractivity contribution in [2.75, 3.05) is 18.0 Å². The van der Waals surface area contributed by atoms with Crippen LogP contribution in [0, 0.1) is 6.92 Å². The molecule has 0 saturated carbocycles. The highest BCUT2D eigenvalue weighted by Gasteiger charge is 2.28. The highest BCUT2D eigenvalue weighted by molar-refractivity contribution is 6.38. The zero-order chi connectivity index (χ0) is 19.1. The number of benzene rings is 1. The second-order valence-electron chi connectivity index (χ2n) is 7.11. The highest BCUT2D eigenvalue weighted by Crippen LogP contribution is 2.41. The Kier molecular flexibility index (Phi) is 4.80. The molecule has 2 unspecified atom stereocenters. The monoisotopic (exact) mass is 387 g/mol. The smallest absolute Gasteiger partial charge is 0.188 e. The van der Waals surface area contributed by atoms with Crippen LogP contribution in [0.3, 0.4) is 0 Å². The Hall–Kier alpha value is -2.15.